The third kappa shape index (κ3) is 5.02. The van der Waals surface area contributed by atoms with Crippen LogP contribution >= 0.6 is 0 Å². The number of carbonyl (C=O) groups is 1. The second-order valence-corrected chi connectivity index (χ2v) is 5.32. The van der Waals surface area contributed by atoms with Crippen molar-refractivity contribution in [3.63, 3.8) is 0 Å². The highest BCUT2D eigenvalue weighted by atomic mass is 16.4. The second kappa shape index (κ2) is 6.33. The molecular formula is C12H25N3O2. The van der Waals surface area contributed by atoms with Crippen molar-refractivity contribution < 1.29 is 9.90 Å². The molecule has 0 spiro atoms. The Hall–Kier alpha value is -0.650. The van der Waals surface area contributed by atoms with Crippen LogP contribution in [0.25, 0.3) is 0 Å². The smallest absolute Gasteiger partial charge is 0.323 e. The Kier molecular flexibility index (Phi) is 5.36. The van der Waals surface area contributed by atoms with Crippen molar-refractivity contribution in [2.45, 2.75) is 31.7 Å². The standard InChI is InChI=1S/C12H25N3O2/c1-12(13,11(16)17)5-3-7-15-8-4-6-14(2)9-10-15/h3-10,13H2,1-2H3,(H,16,17). The number of hydrogen-bond acceptors (Lipinski definition) is 4. The number of carboxylic acid groups (broad SMARTS) is 1. The summed E-state index contributed by atoms with van der Waals surface area (Å²) in [6, 6.07) is 0. The zero-order valence-electron chi connectivity index (χ0n) is 11.0. The fourth-order valence-electron chi connectivity index (χ4n) is 2.10. The summed E-state index contributed by atoms with van der Waals surface area (Å²) in [6.07, 6.45) is 2.58. The molecular weight excluding hydrogens is 218 g/mol. The third-order valence-corrected chi connectivity index (χ3v) is 3.47. The zero-order valence-corrected chi connectivity index (χ0v) is 11.0. The molecule has 0 aromatic carbocycles. The summed E-state index contributed by atoms with van der Waals surface area (Å²) in [4.78, 5) is 15.6. The van der Waals surface area contributed by atoms with E-state index in [4.69, 9.17) is 10.8 Å². The van der Waals surface area contributed by atoms with Gasteiger partial charge in [-0.2, -0.15) is 0 Å². The van der Waals surface area contributed by atoms with Gasteiger partial charge in [-0.3, -0.25) is 4.79 Å². The van der Waals surface area contributed by atoms with E-state index in [0.29, 0.717) is 6.42 Å². The van der Waals surface area contributed by atoms with Crippen LogP contribution in [-0.2, 0) is 4.79 Å². The van der Waals surface area contributed by atoms with Crippen LogP contribution in [0, 0.1) is 0 Å². The molecule has 0 aromatic heterocycles. The van der Waals surface area contributed by atoms with Gasteiger partial charge in [-0.25, -0.2) is 0 Å². The first-order valence-electron chi connectivity index (χ1n) is 6.35. The predicted octanol–water partition coefficient (Wildman–Crippen LogP) is 0.206. The second-order valence-electron chi connectivity index (χ2n) is 5.32. The monoisotopic (exact) mass is 243 g/mol. The number of likely N-dealkylation sites (N-methyl/N-ethyl adjacent to an activating group) is 1. The first-order valence-corrected chi connectivity index (χ1v) is 6.35. The van der Waals surface area contributed by atoms with Crippen LogP contribution in [0.15, 0.2) is 0 Å². The largest absolute Gasteiger partial charge is 0.480 e. The van der Waals surface area contributed by atoms with E-state index in [1.165, 1.54) is 6.42 Å². The van der Waals surface area contributed by atoms with Crippen LogP contribution in [0.2, 0.25) is 0 Å². The van der Waals surface area contributed by atoms with Crippen molar-refractivity contribution in [2.24, 2.45) is 5.73 Å². The maximum Gasteiger partial charge on any atom is 0.323 e. The molecule has 1 atom stereocenters. The molecule has 1 aliphatic heterocycles. The van der Waals surface area contributed by atoms with Crippen molar-refractivity contribution in [3.8, 4) is 0 Å². The Labute approximate surface area is 104 Å². The average Bonchev–Trinajstić information content (AvgIpc) is 2.43. The lowest BCUT2D eigenvalue weighted by molar-refractivity contribution is -0.142. The Morgan fingerprint density at radius 3 is 2.71 bits per heavy atom. The lowest BCUT2D eigenvalue weighted by Gasteiger charge is -2.23. The molecule has 0 amide bonds. The van der Waals surface area contributed by atoms with Gasteiger partial charge in [0.2, 0.25) is 0 Å². The average molecular weight is 243 g/mol. The van der Waals surface area contributed by atoms with Gasteiger partial charge in [-0.1, -0.05) is 0 Å². The Morgan fingerprint density at radius 1 is 1.35 bits per heavy atom. The lowest BCUT2D eigenvalue weighted by Crippen LogP contribution is -2.45. The van der Waals surface area contributed by atoms with Crippen LogP contribution < -0.4 is 5.73 Å². The number of hydrogen-bond donors (Lipinski definition) is 2. The molecule has 5 nitrogen and oxygen atoms in total. The van der Waals surface area contributed by atoms with Crippen LogP contribution in [0.5, 0.6) is 0 Å². The molecule has 17 heavy (non-hydrogen) atoms. The number of rotatable bonds is 5. The van der Waals surface area contributed by atoms with Crippen LogP contribution in [0.3, 0.4) is 0 Å². The Morgan fingerprint density at radius 2 is 2.06 bits per heavy atom. The van der Waals surface area contributed by atoms with E-state index in [1.807, 2.05) is 0 Å². The molecule has 100 valence electrons. The zero-order chi connectivity index (χ0) is 12.9. The van der Waals surface area contributed by atoms with Crippen molar-refractivity contribution in [1.29, 1.82) is 0 Å². The van der Waals surface area contributed by atoms with Crippen LogP contribution in [0.1, 0.15) is 26.2 Å². The van der Waals surface area contributed by atoms with Gasteiger partial charge in [0.15, 0.2) is 0 Å². The minimum Gasteiger partial charge on any atom is -0.480 e. The van der Waals surface area contributed by atoms with Gasteiger partial charge in [-0.15, -0.1) is 0 Å². The van der Waals surface area contributed by atoms with Gasteiger partial charge >= 0.3 is 5.97 Å². The molecule has 1 fully saturated rings. The van der Waals surface area contributed by atoms with E-state index >= 15 is 0 Å². The Balaban J connectivity index is 2.24. The number of nitrogens with zero attached hydrogens (tertiary/aromatic N) is 2. The highest BCUT2D eigenvalue weighted by molar-refractivity contribution is 5.77. The van der Waals surface area contributed by atoms with Gasteiger partial charge in [-0.05, 0) is 52.9 Å². The number of nitrogens with two attached hydrogens (primary N) is 1. The SMILES string of the molecule is CN1CCCN(CCCC(C)(N)C(=O)O)CC1. The predicted molar refractivity (Wildman–Crippen MR) is 68.0 cm³/mol. The minimum absolute atomic E-state index is 0.536. The fourth-order valence-corrected chi connectivity index (χ4v) is 2.10. The molecule has 1 unspecified atom stereocenters. The van der Waals surface area contributed by atoms with E-state index in [1.54, 1.807) is 6.92 Å². The minimum atomic E-state index is -1.08. The van der Waals surface area contributed by atoms with E-state index in [0.717, 1.165) is 39.1 Å². The van der Waals surface area contributed by atoms with Gasteiger partial charge in [0, 0.05) is 13.1 Å². The topological polar surface area (TPSA) is 69.8 Å². The van der Waals surface area contributed by atoms with E-state index in [-0.39, 0.29) is 0 Å². The summed E-state index contributed by atoms with van der Waals surface area (Å²) >= 11 is 0. The van der Waals surface area contributed by atoms with E-state index in [2.05, 4.69) is 16.8 Å². The highest BCUT2D eigenvalue weighted by Gasteiger charge is 2.27. The normalized spacial score (nSPS) is 23.0. The molecule has 0 bridgehead atoms. The fraction of sp³-hybridized carbons (Fsp3) is 0.917. The van der Waals surface area contributed by atoms with E-state index in [9.17, 15) is 4.79 Å². The molecule has 5 heteroatoms. The molecule has 3 N–H and O–H groups in total. The van der Waals surface area contributed by atoms with Gasteiger partial charge in [0.25, 0.3) is 0 Å². The maximum atomic E-state index is 10.9. The lowest BCUT2D eigenvalue weighted by atomic mass is 9.97. The van der Waals surface area contributed by atoms with Gasteiger partial charge in [0.1, 0.15) is 5.54 Å². The first-order chi connectivity index (χ1) is 7.92. The summed E-state index contributed by atoms with van der Waals surface area (Å²) < 4.78 is 0. The van der Waals surface area contributed by atoms with Crippen molar-refractivity contribution in [3.05, 3.63) is 0 Å². The summed E-state index contributed by atoms with van der Waals surface area (Å²) in [6.45, 7) is 6.97. The molecule has 1 aliphatic rings. The van der Waals surface area contributed by atoms with Crippen LogP contribution in [-0.4, -0.2) is 66.2 Å². The molecule has 0 aromatic rings. The quantitative estimate of drug-likeness (QED) is 0.722. The molecule has 1 saturated heterocycles. The van der Waals surface area contributed by atoms with Crippen molar-refractivity contribution in [1.82, 2.24) is 9.80 Å². The first kappa shape index (κ1) is 14.4. The van der Waals surface area contributed by atoms with Gasteiger partial charge in [0.05, 0.1) is 0 Å². The molecule has 0 radical (unpaired) electrons. The summed E-state index contributed by atoms with van der Waals surface area (Å²) in [5, 5.41) is 8.91. The maximum absolute atomic E-state index is 10.9. The number of carboxylic acids is 1. The third-order valence-electron chi connectivity index (χ3n) is 3.47. The van der Waals surface area contributed by atoms with Crippen molar-refractivity contribution in [2.75, 3.05) is 39.8 Å². The molecule has 1 heterocycles. The molecule has 0 aliphatic carbocycles. The van der Waals surface area contributed by atoms with Crippen LogP contribution in [0.4, 0.5) is 0 Å². The summed E-state index contributed by atoms with van der Waals surface area (Å²) in [5.41, 5.74) is 4.62. The van der Waals surface area contributed by atoms with Crippen molar-refractivity contribution >= 4 is 5.97 Å². The summed E-state index contributed by atoms with van der Waals surface area (Å²) in [7, 11) is 2.14. The molecule has 0 saturated carbocycles. The summed E-state index contributed by atoms with van der Waals surface area (Å²) in [5.74, 6) is -0.909. The molecule has 1 rings (SSSR count). The van der Waals surface area contributed by atoms with Gasteiger partial charge < -0.3 is 20.6 Å². The highest BCUT2D eigenvalue weighted by Crippen LogP contribution is 2.10. The van der Waals surface area contributed by atoms with E-state index < -0.39 is 11.5 Å². The number of aliphatic carboxylic acids is 1. The Bertz CT molecular complexity index is 256.